The zero-order chi connectivity index (χ0) is 15.5. The van der Waals surface area contributed by atoms with E-state index in [0.29, 0.717) is 5.92 Å². The minimum Gasteiger partial charge on any atom is -0.204 e. The fraction of sp³-hybridized carbons (Fsp3) is 0.632. The molecule has 1 aromatic carbocycles. The van der Waals surface area contributed by atoms with Crippen LogP contribution < -0.4 is 0 Å². The maximum absolute atomic E-state index is 13.4. The molecule has 0 spiro atoms. The number of nitrogens with zero attached hydrogens (tertiary/aromatic N) is 1. The normalized spacial score (nSPS) is 32.4. The molecule has 0 heterocycles. The predicted molar refractivity (Wildman–Crippen MR) is 82.1 cm³/mol. The Morgan fingerprint density at radius 1 is 0.818 bits per heavy atom. The van der Waals surface area contributed by atoms with Crippen LogP contribution in [0.3, 0.4) is 0 Å². The number of nitriles is 1. The van der Waals surface area contributed by atoms with Crippen LogP contribution >= 0.6 is 0 Å². The Labute approximate surface area is 131 Å². The number of rotatable bonds is 2. The van der Waals surface area contributed by atoms with E-state index in [2.05, 4.69) is 6.07 Å². The first-order valence-corrected chi connectivity index (χ1v) is 8.52. The van der Waals surface area contributed by atoms with Gasteiger partial charge in [-0.25, -0.2) is 8.78 Å². The molecule has 0 radical (unpaired) electrons. The summed E-state index contributed by atoms with van der Waals surface area (Å²) >= 11 is 0. The molecular weight excluding hydrogens is 280 g/mol. The lowest BCUT2D eigenvalue weighted by atomic mass is 9.68. The maximum atomic E-state index is 13.4. The van der Waals surface area contributed by atoms with Crippen LogP contribution in [-0.2, 0) is 0 Å². The van der Waals surface area contributed by atoms with Crippen molar-refractivity contribution in [2.75, 3.05) is 0 Å². The summed E-state index contributed by atoms with van der Waals surface area (Å²) < 4.78 is 26.4. The van der Waals surface area contributed by atoms with E-state index in [4.69, 9.17) is 5.26 Å². The van der Waals surface area contributed by atoms with Gasteiger partial charge in [0.1, 0.15) is 0 Å². The molecular formula is C19H23F2N. The summed E-state index contributed by atoms with van der Waals surface area (Å²) in [5, 5.41) is 8.98. The van der Waals surface area contributed by atoms with Gasteiger partial charge in [0.25, 0.3) is 0 Å². The van der Waals surface area contributed by atoms with Gasteiger partial charge in [0, 0.05) is 5.92 Å². The highest BCUT2D eigenvalue weighted by Gasteiger charge is 2.31. The molecule has 3 rings (SSSR count). The van der Waals surface area contributed by atoms with E-state index in [-0.39, 0.29) is 5.92 Å². The molecule has 0 aromatic heterocycles. The van der Waals surface area contributed by atoms with Crippen molar-refractivity contribution < 1.29 is 8.78 Å². The van der Waals surface area contributed by atoms with Crippen LogP contribution in [0.1, 0.15) is 62.8 Å². The highest BCUT2D eigenvalue weighted by molar-refractivity contribution is 5.22. The highest BCUT2D eigenvalue weighted by Crippen LogP contribution is 2.43. The smallest absolute Gasteiger partial charge is 0.159 e. The molecule has 1 aromatic rings. The number of hydrogen-bond donors (Lipinski definition) is 0. The Balaban J connectivity index is 1.54. The van der Waals surface area contributed by atoms with Gasteiger partial charge in [0.15, 0.2) is 11.6 Å². The largest absolute Gasteiger partial charge is 0.204 e. The van der Waals surface area contributed by atoms with Crippen molar-refractivity contribution >= 4 is 0 Å². The van der Waals surface area contributed by atoms with Crippen LogP contribution in [0.4, 0.5) is 8.78 Å². The van der Waals surface area contributed by atoms with E-state index in [0.717, 1.165) is 43.1 Å². The van der Waals surface area contributed by atoms with Crippen LogP contribution in [0, 0.1) is 40.7 Å². The highest BCUT2D eigenvalue weighted by atomic mass is 19.2. The molecule has 1 nitrogen and oxygen atoms in total. The summed E-state index contributed by atoms with van der Waals surface area (Å²) in [6.07, 6.45) is 9.03. The van der Waals surface area contributed by atoms with Crippen LogP contribution in [0.5, 0.6) is 0 Å². The van der Waals surface area contributed by atoms with E-state index in [9.17, 15) is 8.78 Å². The lowest BCUT2D eigenvalue weighted by Gasteiger charge is -2.37. The summed E-state index contributed by atoms with van der Waals surface area (Å²) in [6, 6.07) is 6.76. The van der Waals surface area contributed by atoms with Gasteiger partial charge in [0.05, 0.1) is 6.07 Å². The average Bonchev–Trinajstić information content (AvgIpc) is 2.58. The minimum absolute atomic E-state index is 0.273. The molecule has 22 heavy (non-hydrogen) atoms. The Morgan fingerprint density at radius 3 is 1.95 bits per heavy atom. The van der Waals surface area contributed by atoms with Gasteiger partial charge >= 0.3 is 0 Å². The van der Waals surface area contributed by atoms with Gasteiger partial charge in [0.2, 0.25) is 0 Å². The van der Waals surface area contributed by atoms with Gasteiger partial charge in [-0.15, -0.1) is 0 Å². The summed E-state index contributed by atoms with van der Waals surface area (Å²) in [6.45, 7) is 0. The molecule has 0 saturated heterocycles. The second-order valence-electron chi connectivity index (χ2n) is 7.03. The second-order valence-corrected chi connectivity index (χ2v) is 7.03. The third-order valence-electron chi connectivity index (χ3n) is 5.81. The second kappa shape index (κ2) is 6.77. The van der Waals surface area contributed by atoms with Crippen LogP contribution in [0.2, 0.25) is 0 Å². The minimum atomic E-state index is -0.758. The zero-order valence-electron chi connectivity index (χ0n) is 12.9. The van der Waals surface area contributed by atoms with Crippen molar-refractivity contribution in [3.63, 3.8) is 0 Å². The molecule has 0 bridgehead atoms. The summed E-state index contributed by atoms with van der Waals surface area (Å²) in [5.41, 5.74) is 0.950. The van der Waals surface area contributed by atoms with E-state index >= 15 is 0 Å². The number of halogens is 2. The van der Waals surface area contributed by atoms with Gasteiger partial charge in [-0.1, -0.05) is 6.07 Å². The SMILES string of the molecule is N#CC1CCC(C2CCC(c3ccc(F)c(F)c3)CC2)CC1. The first-order chi connectivity index (χ1) is 10.7. The lowest BCUT2D eigenvalue weighted by Crippen LogP contribution is -2.25. The first-order valence-electron chi connectivity index (χ1n) is 8.52. The fourth-order valence-corrected chi connectivity index (χ4v) is 4.41. The third-order valence-corrected chi connectivity index (χ3v) is 5.81. The summed E-state index contributed by atoms with van der Waals surface area (Å²) in [5.74, 6) is 0.703. The molecule has 2 aliphatic carbocycles. The maximum Gasteiger partial charge on any atom is 0.159 e. The molecule has 2 saturated carbocycles. The van der Waals surface area contributed by atoms with E-state index in [1.165, 1.54) is 37.8 Å². The monoisotopic (exact) mass is 303 g/mol. The Morgan fingerprint density at radius 2 is 1.41 bits per heavy atom. The molecule has 0 atom stereocenters. The van der Waals surface area contributed by atoms with Crippen molar-refractivity contribution in [1.29, 1.82) is 5.26 Å². The molecule has 2 aliphatic rings. The Hall–Kier alpha value is -1.43. The van der Waals surface area contributed by atoms with E-state index < -0.39 is 11.6 Å². The van der Waals surface area contributed by atoms with Gasteiger partial charge in [-0.3, -0.25) is 0 Å². The Bertz CT molecular complexity index is 547. The topological polar surface area (TPSA) is 23.8 Å². The molecule has 0 amide bonds. The standard InChI is InChI=1S/C19H23F2N/c20-18-10-9-17(11-19(18)21)16-7-5-15(6-8-16)14-3-1-13(12-22)2-4-14/h9-11,13-16H,1-8H2. The van der Waals surface area contributed by atoms with Crippen molar-refractivity contribution in [2.24, 2.45) is 17.8 Å². The molecule has 2 fully saturated rings. The van der Waals surface area contributed by atoms with Gasteiger partial charge in [-0.05, 0) is 86.8 Å². The fourth-order valence-electron chi connectivity index (χ4n) is 4.41. The predicted octanol–water partition coefficient (Wildman–Crippen LogP) is 5.57. The third kappa shape index (κ3) is 3.32. The van der Waals surface area contributed by atoms with Crippen molar-refractivity contribution in [2.45, 2.75) is 57.3 Å². The number of hydrogen-bond acceptors (Lipinski definition) is 1. The molecule has 3 heteroatoms. The molecule has 0 unspecified atom stereocenters. The van der Waals surface area contributed by atoms with Crippen LogP contribution in [0.25, 0.3) is 0 Å². The van der Waals surface area contributed by atoms with Crippen molar-refractivity contribution in [3.8, 4) is 6.07 Å². The Kier molecular flexibility index (Phi) is 4.76. The molecule has 0 aliphatic heterocycles. The quantitative estimate of drug-likeness (QED) is 0.700. The number of benzene rings is 1. The van der Waals surface area contributed by atoms with Gasteiger partial charge < -0.3 is 0 Å². The van der Waals surface area contributed by atoms with Crippen molar-refractivity contribution in [1.82, 2.24) is 0 Å². The van der Waals surface area contributed by atoms with E-state index in [1.54, 1.807) is 6.07 Å². The average molecular weight is 303 g/mol. The van der Waals surface area contributed by atoms with Gasteiger partial charge in [-0.2, -0.15) is 5.26 Å². The van der Waals surface area contributed by atoms with E-state index in [1.807, 2.05) is 0 Å². The summed E-state index contributed by atoms with van der Waals surface area (Å²) in [4.78, 5) is 0. The first kappa shape index (κ1) is 15.5. The lowest BCUT2D eigenvalue weighted by molar-refractivity contribution is 0.173. The molecule has 118 valence electrons. The van der Waals surface area contributed by atoms with Crippen LogP contribution in [0.15, 0.2) is 18.2 Å². The zero-order valence-corrected chi connectivity index (χ0v) is 12.9. The summed E-state index contributed by atoms with van der Waals surface area (Å²) in [7, 11) is 0. The van der Waals surface area contributed by atoms with Crippen molar-refractivity contribution in [3.05, 3.63) is 35.4 Å². The molecule has 0 N–H and O–H groups in total. The van der Waals surface area contributed by atoms with Crippen LogP contribution in [-0.4, -0.2) is 0 Å².